The van der Waals surface area contributed by atoms with Gasteiger partial charge in [-0.3, -0.25) is 0 Å². The van der Waals surface area contributed by atoms with Crippen molar-refractivity contribution in [3.8, 4) is 0 Å². The van der Waals surface area contributed by atoms with Crippen LogP contribution in [0.3, 0.4) is 0 Å². The van der Waals surface area contributed by atoms with Crippen LogP contribution in [0.2, 0.25) is 0 Å². The molecule has 0 saturated carbocycles. The molecule has 0 saturated heterocycles. The Hall–Kier alpha value is -2.96. The Labute approximate surface area is 161 Å². The predicted molar refractivity (Wildman–Crippen MR) is 113 cm³/mol. The van der Waals surface area contributed by atoms with E-state index >= 15 is 0 Å². The van der Waals surface area contributed by atoms with Crippen LogP contribution in [0.15, 0.2) is 114 Å². The molecule has 0 spiro atoms. The predicted octanol–water partition coefficient (Wildman–Crippen LogP) is 3.02. The standard InChI is InChI=1S/C24H19AsO2/c26-23(24-17-10-18-27-24)19-25(20-11-4-1-5-12-20,21-13-6-2-7-14-21)22-15-8-3-9-16-22/h1-19H. The number of carbonyl (C=O) groups excluding carboxylic acids is 1. The van der Waals surface area contributed by atoms with E-state index in [4.69, 9.17) is 4.42 Å². The fraction of sp³-hybridized carbons (Fsp3) is 0. The molecule has 0 amide bonds. The van der Waals surface area contributed by atoms with Gasteiger partial charge in [0.2, 0.25) is 0 Å². The summed E-state index contributed by atoms with van der Waals surface area (Å²) < 4.78 is 9.00. The fourth-order valence-electron chi connectivity index (χ4n) is 3.32. The van der Waals surface area contributed by atoms with Crippen LogP contribution >= 0.6 is 0 Å². The number of ketones is 1. The maximum absolute atomic E-state index is 13.1. The Morgan fingerprint density at radius 1 is 0.630 bits per heavy atom. The summed E-state index contributed by atoms with van der Waals surface area (Å²) in [4.78, 5) is 15.1. The maximum atomic E-state index is 13.1. The molecule has 132 valence electrons. The molecule has 0 unspecified atom stereocenters. The van der Waals surface area contributed by atoms with Gasteiger partial charge >= 0.3 is 161 Å². The molecule has 0 fully saturated rings. The molecule has 0 aliphatic carbocycles. The molecule has 4 aromatic rings. The Balaban J connectivity index is 2.08. The van der Waals surface area contributed by atoms with Gasteiger partial charge in [0, 0.05) is 0 Å². The summed E-state index contributed by atoms with van der Waals surface area (Å²) in [6.45, 7) is 0. The van der Waals surface area contributed by atoms with Crippen molar-refractivity contribution in [3.05, 3.63) is 115 Å². The van der Waals surface area contributed by atoms with Crippen LogP contribution in [-0.2, 0) is 0 Å². The quantitative estimate of drug-likeness (QED) is 0.371. The summed E-state index contributed by atoms with van der Waals surface area (Å²) in [5, 5.41) is 0. The van der Waals surface area contributed by atoms with Crippen molar-refractivity contribution in [1.82, 2.24) is 0 Å². The topological polar surface area (TPSA) is 30.2 Å². The van der Waals surface area contributed by atoms with E-state index in [9.17, 15) is 4.79 Å². The molecule has 0 radical (unpaired) electrons. The zero-order chi connectivity index (χ0) is 18.5. The molecule has 3 aromatic carbocycles. The monoisotopic (exact) mass is 414 g/mol. The van der Waals surface area contributed by atoms with Crippen molar-refractivity contribution in [2.24, 2.45) is 0 Å². The van der Waals surface area contributed by atoms with Crippen LogP contribution < -0.4 is 13.1 Å². The summed E-state index contributed by atoms with van der Waals surface area (Å²) in [7, 11) is 0. The van der Waals surface area contributed by atoms with E-state index in [0.29, 0.717) is 5.76 Å². The molecule has 1 heterocycles. The first-order valence-corrected chi connectivity index (χ1v) is 12.7. The van der Waals surface area contributed by atoms with E-state index in [1.165, 1.54) is 13.1 Å². The van der Waals surface area contributed by atoms with Gasteiger partial charge in [0.25, 0.3) is 0 Å². The molecular weight excluding hydrogens is 395 g/mol. The number of furan rings is 1. The van der Waals surface area contributed by atoms with Crippen molar-refractivity contribution in [2.75, 3.05) is 0 Å². The molecule has 4 rings (SSSR count). The van der Waals surface area contributed by atoms with Crippen molar-refractivity contribution < 1.29 is 9.21 Å². The second-order valence-corrected chi connectivity index (χ2v) is 13.0. The number of rotatable bonds is 5. The molecule has 0 bridgehead atoms. The van der Waals surface area contributed by atoms with E-state index in [0.717, 1.165) is 0 Å². The van der Waals surface area contributed by atoms with Crippen LogP contribution in [0, 0.1) is 0 Å². The van der Waals surface area contributed by atoms with Crippen molar-refractivity contribution in [1.29, 1.82) is 0 Å². The van der Waals surface area contributed by atoms with Gasteiger partial charge in [-0.05, 0) is 0 Å². The molecule has 0 aliphatic rings. The number of carbonyl (C=O) groups is 1. The average Bonchev–Trinajstić information content (AvgIpc) is 3.29. The summed E-state index contributed by atoms with van der Waals surface area (Å²) in [6.07, 6.45) is 1.54. The van der Waals surface area contributed by atoms with Gasteiger partial charge < -0.3 is 0 Å². The van der Waals surface area contributed by atoms with Gasteiger partial charge in [-0.25, -0.2) is 0 Å². The van der Waals surface area contributed by atoms with Gasteiger partial charge in [-0.1, -0.05) is 0 Å². The minimum absolute atomic E-state index is 0.0657. The van der Waals surface area contributed by atoms with Crippen molar-refractivity contribution >= 4 is 36.8 Å². The van der Waals surface area contributed by atoms with Gasteiger partial charge in [-0.2, -0.15) is 0 Å². The third-order valence-corrected chi connectivity index (χ3v) is 12.9. The second kappa shape index (κ2) is 7.73. The SMILES string of the molecule is O=C(C=[As](c1ccccc1)(c1ccccc1)c1ccccc1)c1ccco1. The van der Waals surface area contributed by atoms with E-state index in [-0.39, 0.29) is 5.78 Å². The Morgan fingerprint density at radius 2 is 1.07 bits per heavy atom. The summed E-state index contributed by atoms with van der Waals surface area (Å²) in [5.41, 5.74) is 0. The van der Waals surface area contributed by atoms with Gasteiger partial charge in [0.1, 0.15) is 0 Å². The Bertz CT molecular complexity index is 964. The second-order valence-electron chi connectivity index (χ2n) is 6.20. The third kappa shape index (κ3) is 3.37. The molecule has 27 heavy (non-hydrogen) atoms. The number of hydrogen-bond donors (Lipinski definition) is 0. The van der Waals surface area contributed by atoms with Gasteiger partial charge in [-0.15, -0.1) is 0 Å². The van der Waals surface area contributed by atoms with Crippen molar-refractivity contribution in [2.45, 2.75) is 0 Å². The van der Waals surface area contributed by atoms with Gasteiger partial charge in [0.05, 0.1) is 0 Å². The zero-order valence-electron chi connectivity index (χ0n) is 14.7. The Kier molecular flexibility index (Phi) is 5.00. The van der Waals surface area contributed by atoms with Crippen LogP contribution in [0.4, 0.5) is 0 Å². The molecule has 2 nitrogen and oxygen atoms in total. The normalized spacial score (nSPS) is 11.1. The van der Waals surface area contributed by atoms with Crippen LogP contribution in [0.25, 0.3) is 0 Å². The summed E-state index contributed by atoms with van der Waals surface area (Å²) in [6, 6.07) is 34.6. The number of benzene rings is 3. The molecule has 0 atom stereocenters. The first-order chi connectivity index (χ1) is 13.3. The first kappa shape index (κ1) is 17.5. The summed E-state index contributed by atoms with van der Waals surface area (Å²) >= 11 is -3.14. The van der Waals surface area contributed by atoms with E-state index in [1.54, 1.807) is 18.4 Å². The zero-order valence-corrected chi connectivity index (χ0v) is 16.6. The minimum atomic E-state index is -3.14. The molecule has 1 aromatic heterocycles. The van der Waals surface area contributed by atoms with E-state index < -0.39 is 13.1 Å². The number of Topliss-reactive ketones (excluding diaryl/α,β-unsaturated/α-hetero) is 1. The molecule has 0 N–H and O–H groups in total. The molecule has 0 aliphatic heterocycles. The van der Waals surface area contributed by atoms with Crippen LogP contribution in [0.5, 0.6) is 0 Å². The van der Waals surface area contributed by atoms with Crippen molar-refractivity contribution in [3.63, 3.8) is 0 Å². The summed E-state index contributed by atoms with van der Waals surface area (Å²) in [5.74, 6) is 0.313. The average molecular weight is 414 g/mol. The number of hydrogen-bond acceptors (Lipinski definition) is 2. The Morgan fingerprint density at radius 3 is 1.44 bits per heavy atom. The molecule has 3 heteroatoms. The van der Waals surface area contributed by atoms with Crippen LogP contribution in [-0.4, -0.2) is 23.7 Å². The van der Waals surface area contributed by atoms with Gasteiger partial charge in [0.15, 0.2) is 0 Å². The van der Waals surface area contributed by atoms with Crippen LogP contribution in [0.1, 0.15) is 10.6 Å². The first-order valence-electron chi connectivity index (χ1n) is 8.80. The van der Waals surface area contributed by atoms with E-state index in [1.807, 2.05) is 59.4 Å². The fourth-order valence-corrected chi connectivity index (χ4v) is 11.2. The molecular formula is C24H19AsO2. The van der Waals surface area contributed by atoms with E-state index in [2.05, 4.69) is 36.4 Å². The third-order valence-electron chi connectivity index (χ3n) is 4.57.